The van der Waals surface area contributed by atoms with Crippen LogP contribution in [0.15, 0.2) is 4.99 Å². The monoisotopic (exact) mass is 224 g/mol. The van der Waals surface area contributed by atoms with E-state index in [0.717, 1.165) is 19.4 Å². The van der Waals surface area contributed by atoms with Gasteiger partial charge >= 0.3 is 0 Å². The van der Waals surface area contributed by atoms with E-state index in [1.165, 1.54) is 0 Å². The van der Waals surface area contributed by atoms with E-state index in [-0.39, 0.29) is 29.8 Å². The molecule has 0 bridgehead atoms. The molecule has 16 heavy (non-hydrogen) atoms. The van der Waals surface area contributed by atoms with E-state index in [4.69, 9.17) is 16.9 Å². The van der Waals surface area contributed by atoms with Crippen molar-refractivity contribution in [3.63, 3.8) is 0 Å². The number of nitrogens with zero attached hydrogens (tertiary/aromatic N) is 2. The Balaban J connectivity index is 2.13. The highest BCUT2D eigenvalue weighted by atomic mass is 16.2. The van der Waals surface area contributed by atoms with Crippen LogP contribution in [0.2, 0.25) is 0 Å². The van der Waals surface area contributed by atoms with Crippen molar-refractivity contribution in [2.45, 2.75) is 18.9 Å². The lowest BCUT2D eigenvalue weighted by molar-refractivity contribution is -0.123. The first-order valence-corrected chi connectivity index (χ1v) is 5.32. The molecule has 2 rings (SSSR count). The standard InChI is InChI=1S/C9H16N6O/c10-8(11)14-9(12)15-3-1-2-5-6(15)4-13-7(5)16/h5-6H,1-4H2,(H,13,16)(H5,10,11,12,14). The fraction of sp³-hybridized carbons (Fsp3) is 0.667. The van der Waals surface area contributed by atoms with Gasteiger partial charge < -0.3 is 21.7 Å². The molecule has 0 aromatic heterocycles. The van der Waals surface area contributed by atoms with Crippen molar-refractivity contribution < 1.29 is 4.79 Å². The number of nitrogens with one attached hydrogen (secondary N) is 2. The van der Waals surface area contributed by atoms with Crippen LogP contribution in [0.5, 0.6) is 0 Å². The lowest BCUT2D eigenvalue weighted by Gasteiger charge is -2.35. The quantitative estimate of drug-likeness (QED) is 0.292. The molecule has 1 amide bonds. The van der Waals surface area contributed by atoms with Crippen LogP contribution in [-0.2, 0) is 4.79 Å². The number of rotatable bonds is 0. The molecule has 0 aromatic rings. The van der Waals surface area contributed by atoms with Crippen molar-refractivity contribution >= 4 is 17.8 Å². The smallest absolute Gasteiger partial charge is 0.225 e. The molecule has 2 unspecified atom stereocenters. The molecule has 2 atom stereocenters. The molecule has 88 valence electrons. The SMILES string of the molecule is N=C(N=C(N)N)N1CCCC2C(=O)NCC21. The summed E-state index contributed by atoms with van der Waals surface area (Å²) in [5.74, 6) is -0.0221. The van der Waals surface area contributed by atoms with Crippen LogP contribution < -0.4 is 16.8 Å². The van der Waals surface area contributed by atoms with Gasteiger partial charge in [0.2, 0.25) is 11.9 Å². The van der Waals surface area contributed by atoms with Gasteiger partial charge in [0.1, 0.15) is 0 Å². The first-order chi connectivity index (χ1) is 7.59. The maximum absolute atomic E-state index is 11.5. The first kappa shape index (κ1) is 10.7. The van der Waals surface area contributed by atoms with Crippen molar-refractivity contribution in [2.24, 2.45) is 22.4 Å². The molecule has 2 saturated heterocycles. The van der Waals surface area contributed by atoms with Crippen molar-refractivity contribution in [2.75, 3.05) is 13.1 Å². The highest BCUT2D eigenvalue weighted by Gasteiger charge is 2.41. The number of likely N-dealkylation sites (tertiary alicyclic amines) is 1. The molecule has 0 radical (unpaired) electrons. The maximum Gasteiger partial charge on any atom is 0.225 e. The Bertz CT molecular complexity index is 348. The molecule has 2 aliphatic rings. The lowest BCUT2D eigenvalue weighted by Crippen LogP contribution is -2.48. The minimum Gasteiger partial charge on any atom is -0.370 e. The Kier molecular flexibility index (Phi) is 2.67. The van der Waals surface area contributed by atoms with Gasteiger partial charge in [-0.2, -0.15) is 4.99 Å². The Morgan fingerprint density at radius 1 is 1.56 bits per heavy atom. The second kappa shape index (κ2) is 3.99. The summed E-state index contributed by atoms with van der Waals surface area (Å²) in [6.45, 7) is 1.30. The summed E-state index contributed by atoms with van der Waals surface area (Å²) in [7, 11) is 0. The minimum atomic E-state index is -0.121. The summed E-state index contributed by atoms with van der Waals surface area (Å²) in [6, 6.07) is 0.0249. The third kappa shape index (κ3) is 1.80. The molecule has 6 N–H and O–H groups in total. The van der Waals surface area contributed by atoms with Gasteiger partial charge in [-0.05, 0) is 12.8 Å². The number of guanidine groups is 2. The predicted molar refractivity (Wildman–Crippen MR) is 59.8 cm³/mol. The summed E-state index contributed by atoms with van der Waals surface area (Å²) in [5.41, 5.74) is 10.5. The van der Waals surface area contributed by atoms with Gasteiger partial charge in [-0.3, -0.25) is 10.2 Å². The molecule has 7 heteroatoms. The molecule has 7 nitrogen and oxygen atoms in total. The fourth-order valence-corrected chi connectivity index (χ4v) is 2.40. The van der Waals surface area contributed by atoms with Crippen LogP contribution in [0.1, 0.15) is 12.8 Å². The number of hydrogen-bond acceptors (Lipinski definition) is 2. The highest BCUT2D eigenvalue weighted by Crippen LogP contribution is 2.27. The van der Waals surface area contributed by atoms with E-state index in [2.05, 4.69) is 10.3 Å². The molecular weight excluding hydrogens is 208 g/mol. The number of piperidine rings is 1. The van der Waals surface area contributed by atoms with Crippen LogP contribution in [0.25, 0.3) is 0 Å². The normalized spacial score (nSPS) is 28.2. The Hall–Kier alpha value is -1.79. The largest absolute Gasteiger partial charge is 0.370 e. The fourth-order valence-electron chi connectivity index (χ4n) is 2.40. The van der Waals surface area contributed by atoms with E-state index in [1.54, 1.807) is 4.90 Å². The van der Waals surface area contributed by atoms with Crippen LogP contribution in [0.4, 0.5) is 0 Å². The zero-order chi connectivity index (χ0) is 11.7. The maximum atomic E-state index is 11.5. The number of fused-ring (bicyclic) bond motifs is 1. The molecular formula is C9H16N6O. The number of aliphatic imine (C=N–C) groups is 1. The van der Waals surface area contributed by atoms with Crippen LogP contribution in [-0.4, -0.2) is 41.9 Å². The van der Waals surface area contributed by atoms with E-state index in [1.807, 2.05) is 0 Å². The average Bonchev–Trinajstić information content (AvgIpc) is 2.59. The van der Waals surface area contributed by atoms with E-state index in [9.17, 15) is 4.79 Å². The van der Waals surface area contributed by atoms with Gasteiger partial charge in [0.25, 0.3) is 0 Å². The zero-order valence-electron chi connectivity index (χ0n) is 8.94. The molecule has 2 fully saturated rings. The van der Waals surface area contributed by atoms with Crippen molar-refractivity contribution in [1.29, 1.82) is 5.41 Å². The average molecular weight is 224 g/mol. The van der Waals surface area contributed by atoms with Crippen LogP contribution >= 0.6 is 0 Å². The third-order valence-electron chi connectivity index (χ3n) is 3.11. The van der Waals surface area contributed by atoms with Gasteiger partial charge in [-0.1, -0.05) is 0 Å². The third-order valence-corrected chi connectivity index (χ3v) is 3.11. The summed E-state index contributed by atoms with van der Waals surface area (Å²) in [4.78, 5) is 17.0. The molecule has 0 aliphatic carbocycles. The second-order valence-corrected chi connectivity index (χ2v) is 4.11. The second-order valence-electron chi connectivity index (χ2n) is 4.11. The van der Waals surface area contributed by atoms with E-state index < -0.39 is 0 Å². The van der Waals surface area contributed by atoms with Gasteiger partial charge in [0.15, 0.2) is 5.96 Å². The van der Waals surface area contributed by atoms with Gasteiger partial charge in [0.05, 0.1) is 12.0 Å². The highest BCUT2D eigenvalue weighted by molar-refractivity contribution is 5.92. The Morgan fingerprint density at radius 3 is 3.00 bits per heavy atom. The summed E-state index contributed by atoms with van der Waals surface area (Å²) >= 11 is 0. The number of nitrogens with two attached hydrogens (primary N) is 2. The van der Waals surface area contributed by atoms with Crippen LogP contribution in [0, 0.1) is 11.3 Å². The van der Waals surface area contributed by atoms with Crippen molar-refractivity contribution in [1.82, 2.24) is 10.2 Å². The van der Waals surface area contributed by atoms with Crippen molar-refractivity contribution in [3.05, 3.63) is 0 Å². The van der Waals surface area contributed by atoms with Crippen LogP contribution in [0.3, 0.4) is 0 Å². The number of carbonyl (C=O) groups is 1. The molecule has 0 aromatic carbocycles. The molecule has 2 heterocycles. The predicted octanol–water partition coefficient (Wildman–Crippen LogP) is -1.60. The molecule has 2 aliphatic heterocycles. The summed E-state index contributed by atoms with van der Waals surface area (Å²) in [6.07, 6.45) is 1.76. The number of hydrogen-bond donors (Lipinski definition) is 4. The number of amides is 1. The lowest BCUT2D eigenvalue weighted by atomic mass is 9.92. The Labute approximate surface area is 93.4 Å². The van der Waals surface area contributed by atoms with Gasteiger partial charge in [-0.25, -0.2) is 0 Å². The number of carbonyl (C=O) groups excluding carboxylic acids is 1. The molecule has 0 spiro atoms. The van der Waals surface area contributed by atoms with Gasteiger partial charge in [0, 0.05) is 13.1 Å². The Morgan fingerprint density at radius 2 is 2.31 bits per heavy atom. The topological polar surface area (TPSA) is 121 Å². The zero-order valence-corrected chi connectivity index (χ0v) is 8.94. The first-order valence-electron chi connectivity index (χ1n) is 5.32. The van der Waals surface area contributed by atoms with Gasteiger partial charge in [-0.15, -0.1) is 0 Å². The molecule has 0 saturated carbocycles. The van der Waals surface area contributed by atoms with E-state index >= 15 is 0 Å². The summed E-state index contributed by atoms with van der Waals surface area (Å²) in [5, 5.41) is 10.6. The van der Waals surface area contributed by atoms with Crippen molar-refractivity contribution in [3.8, 4) is 0 Å². The minimum absolute atomic E-state index is 0.0247. The van der Waals surface area contributed by atoms with E-state index in [0.29, 0.717) is 6.54 Å². The summed E-state index contributed by atoms with van der Waals surface area (Å²) < 4.78 is 0.